The minimum absolute atomic E-state index is 0.0952. The molecule has 0 radical (unpaired) electrons. The summed E-state index contributed by atoms with van der Waals surface area (Å²) in [6.07, 6.45) is 5.59. The molecule has 1 saturated heterocycles. The van der Waals surface area contributed by atoms with Crippen LogP contribution in [0.1, 0.15) is 36.0 Å². The van der Waals surface area contributed by atoms with Crippen molar-refractivity contribution < 1.29 is 14.5 Å². The Balaban J connectivity index is 2.36. The van der Waals surface area contributed by atoms with E-state index in [9.17, 15) is 14.9 Å². The molecule has 7 nitrogen and oxygen atoms in total. The van der Waals surface area contributed by atoms with Gasteiger partial charge in [-0.1, -0.05) is 12.8 Å². The number of hydrogen-bond donors (Lipinski definition) is 0. The maximum Gasteiger partial charge on any atom is 0.339 e. The second kappa shape index (κ2) is 6.31. The lowest BCUT2D eigenvalue weighted by atomic mass is 10.2. The minimum atomic E-state index is -0.622. The molecular formula is C13H17N3O4. The zero-order valence-corrected chi connectivity index (χ0v) is 11.4. The van der Waals surface area contributed by atoms with E-state index in [0.29, 0.717) is 5.82 Å². The topological polar surface area (TPSA) is 85.6 Å². The number of aromatic nitrogens is 1. The van der Waals surface area contributed by atoms with Crippen molar-refractivity contribution in [1.29, 1.82) is 0 Å². The van der Waals surface area contributed by atoms with Gasteiger partial charge in [0.15, 0.2) is 0 Å². The molecule has 0 N–H and O–H groups in total. The number of nitrogens with zero attached hydrogens (tertiary/aromatic N) is 3. The van der Waals surface area contributed by atoms with Crippen molar-refractivity contribution in [2.75, 3.05) is 25.1 Å². The van der Waals surface area contributed by atoms with Crippen molar-refractivity contribution in [1.82, 2.24) is 4.98 Å². The summed E-state index contributed by atoms with van der Waals surface area (Å²) in [5.41, 5.74) is -0.0485. The summed E-state index contributed by atoms with van der Waals surface area (Å²) in [5.74, 6) is -0.285. The summed E-state index contributed by atoms with van der Waals surface area (Å²) in [4.78, 5) is 28.2. The fourth-order valence-electron chi connectivity index (χ4n) is 2.34. The highest BCUT2D eigenvalue weighted by molar-refractivity contribution is 5.90. The van der Waals surface area contributed by atoms with Gasteiger partial charge in [0, 0.05) is 25.4 Å². The van der Waals surface area contributed by atoms with Crippen LogP contribution in [0.15, 0.2) is 12.3 Å². The maximum atomic E-state index is 11.4. The maximum absolute atomic E-state index is 11.4. The molecule has 0 atom stereocenters. The molecule has 2 rings (SSSR count). The van der Waals surface area contributed by atoms with Gasteiger partial charge in [0.25, 0.3) is 0 Å². The SMILES string of the molecule is COC(=O)c1cnc(N2CCCCCC2)c([N+](=O)[O-])c1. The highest BCUT2D eigenvalue weighted by atomic mass is 16.6. The van der Waals surface area contributed by atoms with Crippen LogP contribution in [0.5, 0.6) is 0 Å². The Morgan fingerprint density at radius 3 is 2.55 bits per heavy atom. The molecule has 20 heavy (non-hydrogen) atoms. The van der Waals surface area contributed by atoms with Gasteiger partial charge >= 0.3 is 11.7 Å². The molecule has 0 spiro atoms. The third kappa shape index (κ3) is 3.04. The van der Waals surface area contributed by atoms with Gasteiger partial charge in [0.05, 0.1) is 17.6 Å². The predicted octanol–water partition coefficient (Wildman–Crippen LogP) is 2.16. The van der Waals surface area contributed by atoms with E-state index in [4.69, 9.17) is 0 Å². The van der Waals surface area contributed by atoms with E-state index in [1.807, 2.05) is 4.90 Å². The van der Waals surface area contributed by atoms with E-state index in [-0.39, 0.29) is 11.3 Å². The number of carbonyl (C=O) groups is 1. The number of pyridine rings is 1. The normalized spacial score (nSPS) is 15.6. The number of esters is 1. The van der Waals surface area contributed by atoms with Gasteiger partial charge in [-0.05, 0) is 12.8 Å². The molecule has 1 aromatic rings. The van der Waals surface area contributed by atoms with E-state index in [0.717, 1.165) is 38.8 Å². The second-order valence-electron chi connectivity index (χ2n) is 4.72. The van der Waals surface area contributed by atoms with Crippen LogP contribution in [0, 0.1) is 10.1 Å². The molecule has 2 heterocycles. The molecule has 0 unspecified atom stereocenters. The van der Waals surface area contributed by atoms with E-state index in [1.54, 1.807) is 0 Å². The smallest absolute Gasteiger partial charge is 0.339 e. The third-order valence-electron chi connectivity index (χ3n) is 3.37. The van der Waals surface area contributed by atoms with E-state index in [1.165, 1.54) is 19.4 Å². The first-order valence-electron chi connectivity index (χ1n) is 6.61. The first-order valence-corrected chi connectivity index (χ1v) is 6.61. The highest BCUT2D eigenvalue weighted by Crippen LogP contribution is 2.28. The molecule has 7 heteroatoms. The van der Waals surface area contributed by atoms with Gasteiger partial charge in [-0.25, -0.2) is 9.78 Å². The molecule has 0 aromatic carbocycles. The number of nitro groups is 1. The lowest BCUT2D eigenvalue weighted by Crippen LogP contribution is -2.26. The molecule has 1 fully saturated rings. The Morgan fingerprint density at radius 1 is 1.35 bits per heavy atom. The van der Waals surface area contributed by atoms with Gasteiger partial charge in [-0.3, -0.25) is 10.1 Å². The van der Waals surface area contributed by atoms with Crippen molar-refractivity contribution in [2.24, 2.45) is 0 Å². The van der Waals surface area contributed by atoms with Crippen LogP contribution in [0.4, 0.5) is 11.5 Å². The van der Waals surface area contributed by atoms with Crippen molar-refractivity contribution in [3.8, 4) is 0 Å². The Bertz CT molecular complexity index is 510. The predicted molar refractivity (Wildman–Crippen MR) is 72.9 cm³/mol. The molecule has 0 aliphatic carbocycles. The zero-order valence-electron chi connectivity index (χ0n) is 11.4. The summed E-state index contributed by atoms with van der Waals surface area (Å²) in [7, 11) is 1.23. The summed E-state index contributed by atoms with van der Waals surface area (Å²) in [6, 6.07) is 1.24. The fraction of sp³-hybridized carbons (Fsp3) is 0.538. The van der Waals surface area contributed by atoms with Gasteiger partial charge in [-0.2, -0.15) is 0 Å². The number of methoxy groups -OCH3 is 1. The summed E-state index contributed by atoms with van der Waals surface area (Å²) in [6.45, 7) is 1.51. The van der Waals surface area contributed by atoms with Crippen LogP contribution >= 0.6 is 0 Å². The zero-order chi connectivity index (χ0) is 14.5. The lowest BCUT2D eigenvalue weighted by Gasteiger charge is -2.21. The Morgan fingerprint density at radius 2 is 2.00 bits per heavy atom. The molecule has 0 amide bonds. The molecule has 108 valence electrons. The van der Waals surface area contributed by atoms with Crippen LogP contribution in [0.3, 0.4) is 0 Å². The van der Waals surface area contributed by atoms with Gasteiger partial charge < -0.3 is 9.64 Å². The van der Waals surface area contributed by atoms with Crippen LogP contribution in [-0.4, -0.2) is 36.1 Å². The molecule has 0 saturated carbocycles. The fourth-order valence-corrected chi connectivity index (χ4v) is 2.34. The number of hydrogen-bond acceptors (Lipinski definition) is 6. The average Bonchev–Trinajstić information content (AvgIpc) is 2.74. The molecule has 1 aliphatic heterocycles. The van der Waals surface area contributed by atoms with Gasteiger partial charge in [0.2, 0.25) is 5.82 Å². The molecule has 1 aliphatic rings. The monoisotopic (exact) mass is 279 g/mol. The molecule has 0 bridgehead atoms. The lowest BCUT2D eigenvalue weighted by molar-refractivity contribution is -0.384. The summed E-state index contributed by atoms with van der Waals surface area (Å²) >= 11 is 0. The second-order valence-corrected chi connectivity index (χ2v) is 4.72. The van der Waals surface area contributed by atoms with Crippen molar-refractivity contribution in [3.05, 3.63) is 27.9 Å². The van der Waals surface area contributed by atoms with E-state index in [2.05, 4.69) is 9.72 Å². The van der Waals surface area contributed by atoms with Gasteiger partial charge in [-0.15, -0.1) is 0 Å². The summed E-state index contributed by atoms with van der Waals surface area (Å²) in [5, 5.41) is 11.2. The minimum Gasteiger partial charge on any atom is -0.465 e. The standard InChI is InChI=1S/C13H17N3O4/c1-20-13(17)10-8-11(16(18)19)12(14-9-10)15-6-4-2-3-5-7-15/h8-9H,2-7H2,1H3. The van der Waals surface area contributed by atoms with Crippen LogP contribution in [-0.2, 0) is 4.74 Å². The van der Waals surface area contributed by atoms with Gasteiger partial charge in [0.1, 0.15) is 0 Å². The Kier molecular flexibility index (Phi) is 4.49. The van der Waals surface area contributed by atoms with Crippen LogP contribution in [0.2, 0.25) is 0 Å². The number of carbonyl (C=O) groups excluding carboxylic acids is 1. The quantitative estimate of drug-likeness (QED) is 0.479. The van der Waals surface area contributed by atoms with Crippen molar-refractivity contribution in [3.63, 3.8) is 0 Å². The Hall–Kier alpha value is -2.18. The summed E-state index contributed by atoms with van der Waals surface area (Å²) < 4.78 is 4.56. The largest absolute Gasteiger partial charge is 0.465 e. The third-order valence-corrected chi connectivity index (χ3v) is 3.37. The highest BCUT2D eigenvalue weighted by Gasteiger charge is 2.24. The van der Waals surface area contributed by atoms with Crippen molar-refractivity contribution in [2.45, 2.75) is 25.7 Å². The molecule has 1 aromatic heterocycles. The number of rotatable bonds is 3. The van der Waals surface area contributed by atoms with Crippen LogP contribution in [0.25, 0.3) is 0 Å². The number of ether oxygens (including phenoxy) is 1. The first kappa shape index (κ1) is 14.2. The number of anilines is 1. The van der Waals surface area contributed by atoms with E-state index < -0.39 is 10.9 Å². The van der Waals surface area contributed by atoms with E-state index >= 15 is 0 Å². The Labute approximate surface area is 116 Å². The first-order chi connectivity index (χ1) is 9.63. The average molecular weight is 279 g/mol. The molecular weight excluding hydrogens is 262 g/mol. The van der Waals surface area contributed by atoms with Crippen LogP contribution < -0.4 is 4.90 Å². The van der Waals surface area contributed by atoms with Crippen molar-refractivity contribution >= 4 is 17.5 Å².